The topological polar surface area (TPSA) is 60.7 Å². The van der Waals surface area contributed by atoms with E-state index in [4.69, 9.17) is 18.9 Å². The van der Waals surface area contributed by atoms with Crippen LogP contribution < -0.4 is 18.9 Å². The molecule has 0 unspecified atom stereocenters. The van der Waals surface area contributed by atoms with E-state index in [1.54, 1.807) is 28.4 Å². The Morgan fingerprint density at radius 1 is 0.815 bits per heavy atom. The molecule has 0 radical (unpaired) electrons. The SMILES string of the molecule is COc1ccc(/C=C\C/C(C#N)=C/c2ccc(OC)c(OC)c2)cc1OC. The fraction of sp³-hybridized carbons (Fsp3) is 0.227. The van der Waals surface area contributed by atoms with E-state index in [9.17, 15) is 5.26 Å². The number of nitrogens with zero attached hydrogens (tertiary/aromatic N) is 1. The van der Waals surface area contributed by atoms with Crippen molar-refractivity contribution >= 4 is 12.2 Å². The van der Waals surface area contributed by atoms with E-state index in [-0.39, 0.29) is 0 Å². The highest BCUT2D eigenvalue weighted by Crippen LogP contribution is 2.29. The number of hydrogen-bond acceptors (Lipinski definition) is 5. The van der Waals surface area contributed by atoms with Gasteiger partial charge in [-0.05, 0) is 41.5 Å². The Balaban J connectivity index is 2.14. The van der Waals surface area contributed by atoms with Crippen LogP contribution in [0.3, 0.4) is 0 Å². The van der Waals surface area contributed by atoms with Crippen molar-refractivity contribution in [1.82, 2.24) is 0 Å². The molecule has 5 heteroatoms. The van der Waals surface area contributed by atoms with Gasteiger partial charge in [0.15, 0.2) is 23.0 Å². The van der Waals surface area contributed by atoms with E-state index in [1.807, 2.05) is 54.6 Å². The summed E-state index contributed by atoms with van der Waals surface area (Å²) < 4.78 is 21.1. The average Bonchev–Trinajstić information content (AvgIpc) is 2.72. The van der Waals surface area contributed by atoms with Gasteiger partial charge in [-0.2, -0.15) is 5.26 Å². The Bertz CT molecular complexity index is 878. The monoisotopic (exact) mass is 365 g/mol. The lowest BCUT2D eigenvalue weighted by Crippen LogP contribution is -1.91. The van der Waals surface area contributed by atoms with Gasteiger partial charge in [0.05, 0.1) is 34.5 Å². The van der Waals surface area contributed by atoms with Gasteiger partial charge in [-0.1, -0.05) is 24.3 Å². The molecule has 0 bridgehead atoms. The second kappa shape index (κ2) is 9.93. The van der Waals surface area contributed by atoms with Crippen molar-refractivity contribution in [3.05, 3.63) is 59.2 Å². The number of rotatable bonds is 8. The molecule has 0 aliphatic carbocycles. The lowest BCUT2D eigenvalue weighted by atomic mass is 10.1. The largest absolute Gasteiger partial charge is 0.493 e. The second-order valence-corrected chi connectivity index (χ2v) is 5.62. The van der Waals surface area contributed by atoms with Gasteiger partial charge in [-0.15, -0.1) is 0 Å². The zero-order valence-electron chi connectivity index (χ0n) is 16.0. The van der Waals surface area contributed by atoms with Crippen molar-refractivity contribution in [1.29, 1.82) is 5.26 Å². The molecule has 0 aromatic heterocycles. The second-order valence-electron chi connectivity index (χ2n) is 5.62. The highest BCUT2D eigenvalue weighted by atomic mass is 16.5. The highest BCUT2D eigenvalue weighted by molar-refractivity contribution is 5.62. The summed E-state index contributed by atoms with van der Waals surface area (Å²) >= 11 is 0. The molecule has 0 saturated carbocycles. The Morgan fingerprint density at radius 2 is 1.33 bits per heavy atom. The predicted molar refractivity (Wildman–Crippen MR) is 106 cm³/mol. The molecular formula is C22H23NO4. The molecule has 0 atom stereocenters. The van der Waals surface area contributed by atoms with Gasteiger partial charge >= 0.3 is 0 Å². The maximum absolute atomic E-state index is 9.42. The average molecular weight is 365 g/mol. The third kappa shape index (κ3) is 5.29. The zero-order valence-corrected chi connectivity index (χ0v) is 16.0. The third-order valence-electron chi connectivity index (χ3n) is 3.95. The fourth-order valence-electron chi connectivity index (χ4n) is 2.56. The van der Waals surface area contributed by atoms with Gasteiger partial charge in [-0.3, -0.25) is 0 Å². The summed E-state index contributed by atoms with van der Waals surface area (Å²) in [6.07, 6.45) is 6.24. The molecule has 0 N–H and O–H groups in total. The molecule has 0 aliphatic heterocycles. The van der Waals surface area contributed by atoms with Crippen LogP contribution in [0, 0.1) is 11.3 Å². The molecule has 0 spiro atoms. The fourth-order valence-corrected chi connectivity index (χ4v) is 2.56. The molecule has 0 fully saturated rings. The van der Waals surface area contributed by atoms with Crippen molar-refractivity contribution in [2.45, 2.75) is 6.42 Å². The molecule has 2 rings (SSSR count). The van der Waals surface area contributed by atoms with Crippen molar-refractivity contribution in [3.8, 4) is 29.1 Å². The molecule has 0 heterocycles. The van der Waals surface area contributed by atoms with E-state index in [2.05, 4.69) is 6.07 Å². The first-order valence-corrected chi connectivity index (χ1v) is 8.36. The van der Waals surface area contributed by atoms with E-state index in [1.165, 1.54) is 0 Å². The molecule has 0 aliphatic rings. The minimum Gasteiger partial charge on any atom is -0.493 e. The number of methoxy groups -OCH3 is 4. The van der Waals surface area contributed by atoms with Crippen LogP contribution in [0.5, 0.6) is 23.0 Å². The van der Waals surface area contributed by atoms with Gasteiger partial charge in [0.25, 0.3) is 0 Å². The summed E-state index contributed by atoms with van der Waals surface area (Å²) in [5.41, 5.74) is 2.48. The minimum atomic E-state index is 0.513. The Hall–Kier alpha value is -3.39. The van der Waals surface area contributed by atoms with Crippen molar-refractivity contribution < 1.29 is 18.9 Å². The highest BCUT2D eigenvalue weighted by Gasteiger charge is 2.05. The zero-order chi connectivity index (χ0) is 19.6. The van der Waals surface area contributed by atoms with E-state index in [0.29, 0.717) is 35.0 Å². The lowest BCUT2D eigenvalue weighted by Gasteiger charge is -2.08. The first kappa shape index (κ1) is 19.9. The molecule has 140 valence electrons. The smallest absolute Gasteiger partial charge is 0.161 e. The normalized spacial score (nSPS) is 11.1. The first-order chi connectivity index (χ1) is 13.1. The van der Waals surface area contributed by atoms with Crippen LogP contribution >= 0.6 is 0 Å². The molecule has 27 heavy (non-hydrogen) atoms. The van der Waals surface area contributed by atoms with Crippen molar-refractivity contribution in [2.24, 2.45) is 0 Å². The number of nitriles is 1. The molecule has 2 aromatic rings. The van der Waals surface area contributed by atoms with E-state index in [0.717, 1.165) is 11.1 Å². The van der Waals surface area contributed by atoms with Gasteiger partial charge in [0.2, 0.25) is 0 Å². The third-order valence-corrected chi connectivity index (χ3v) is 3.95. The van der Waals surface area contributed by atoms with Crippen LogP contribution in [-0.4, -0.2) is 28.4 Å². The Labute approximate surface area is 160 Å². The first-order valence-electron chi connectivity index (χ1n) is 8.36. The summed E-state index contributed by atoms with van der Waals surface area (Å²) in [4.78, 5) is 0. The quantitative estimate of drug-likeness (QED) is 0.633. The minimum absolute atomic E-state index is 0.513. The van der Waals surface area contributed by atoms with Gasteiger partial charge < -0.3 is 18.9 Å². The molecule has 0 amide bonds. The summed E-state index contributed by atoms with van der Waals surface area (Å²) in [6.45, 7) is 0. The van der Waals surface area contributed by atoms with Crippen LogP contribution in [0.25, 0.3) is 12.2 Å². The Kier molecular flexibility index (Phi) is 7.33. The maximum Gasteiger partial charge on any atom is 0.161 e. The van der Waals surface area contributed by atoms with Crippen LogP contribution in [0.4, 0.5) is 0 Å². The van der Waals surface area contributed by atoms with Crippen molar-refractivity contribution in [3.63, 3.8) is 0 Å². The number of hydrogen-bond donors (Lipinski definition) is 0. The van der Waals surface area contributed by atoms with E-state index < -0.39 is 0 Å². The molecule has 2 aromatic carbocycles. The Morgan fingerprint density at radius 3 is 1.85 bits per heavy atom. The summed E-state index contributed by atoms with van der Waals surface area (Å²) in [7, 11) is 6.38. The summed E-state index contributed by atoms with van der Waals surface area (Å²) in [5, 5.41) is 9.42. The molecule has 0 saturated heterocycles. The van der Waals surface area contributed by atoms with Crippen LogP contribution in [-0.2, 0) is 0 Å². The lowest BCUT2D eigenvalue weighted by molar-refractivity contribution is 0.355. The number of allylic oxidation sites excluding steroid dienone is 2. The standard InChI is InChI=1S/C22H23NO4/c1-24-19-10-8-16(13-21(19)26-3)6-5-7-18(15-23)12-17-9-11-20(25-2)22(14-17)27-4/h5-6,8-14H,7H2,1-4H3/b6-5-,18-12-. The molecule has 5 nitrogen and oxygen atoms in total. The van der Waals surface area contributed by atoms with E-state index >= 15 is 0 Å². The number of benzene rings is 2. The van der Waals surface area contributed by atoms with Gasteiger partial charge in [-0.25, -0.2) is 0 Å². The van der Waals surface area contributed by atoms with Crippen LogP contribution in [0.2, 0.25) is 0 Å². The van der Waals surface area contributed by atoms with Gasteiger partial charge in [0.1, 0.15) is 0 Å². The number of ether oxygens (including phenoxy) is 4. The maximum atomic E-state index is 9.42. The van der Waals surface area contributed by atoms with Crippen LogP contribution in [0.1, 0.15) is 17.5 Å². The summed E-state index contributed by atoms with van der Waals surface area (Å²) in [5.74, 6) is 2.63. The van der Waals surface area contributed by atoms with Crippen LogP contribution in [0.15, 0.2) is 48.0 Å². The van der Waals surface area contributed by atoms with Gasteiger partial charge in [0, 0.05) is 12.0 Å². The molecular weight excluding hydrogens is 342 g/mol. The predicted octanol–water partition coefficient (Wildman–Crippen LogP) is 4.73. The summed E-state index contributed by atoms with van der Waals surface area (Å²) in [6, 6.07) is 13.5. The van der Waals surface area contributed by atoms with Crippen molar-refractivity contribution in [2.75, 3.05) is 28.4 Å².